The molecule has 0 unspecified atom stereocenters. The van der Waals surface area contributed by atoms with E-state index < -0.39 is 0 Å². The van der Waals surface area contributed by atoms with Crippen molar-refractivity contribution < 1.29 is 13.9 Å². The molecular weight excluding hydrogens is 382 g/mol. The summed E-state index contributed by atoms with van der Waals surface area (Å²) < 4.78 is 11.3. The van der Waals surface area contributed by atoms with E-state index in [4.69, 9.17) is 9.15 Å². The van der Waals surface area contributed by atoms with Crippen LogP contribution >= 0.6 is 23.1 Å². The number of nitrogens with zero attached hydrogens (tertiary/aromatic N) is 3. The fraction of sp³-hybridized carbons (Fsp3) is 0.316. The van der Waals surface area contributed by atoms with Crippen LogP contribution in [0.15, 0.2) is 44.7 Å². The molecule has 0 aliphatic heterocycles. The Labute approximate surface area is 166 Å². The van der Waals surface area contributed by atoms with Gasteiger partial charge in [0, 0.05) is 13.6 Å². The predicted molar refractivity (Wildman–Crippen MR) is 106 cm³/mol. The summed E-state index contributed by atoms with van der Waals surface area (Å²) in [5.41, 5.74) is 3.31. The summed E-state index contributed by atoms with van der Waals surface area (Å²) in [4.78, 5) is 13.9. The molecule has 0 saturated carbocycles. The zero-order valence-corrected chi connectivity index (χ0v) is 17.1. The van der Waals surface area contributed by atoms with Crippen molar-refractivity contribution >= 4 is 29.0 Å². The fourth-order valence-electron chi connectivity index (χ4n) is 2.34. The molecule has 0 bridgehead atoms. The number of aromatic nitrogens is 2. The summed E-state index contributed by atoms with van der Waals surface area (Å²) in [6.45, 7) is 4.80. The summed E-state index contributed by atoms with van der Waals surface area (Å²) in [6.07, 6.45) is 0. The first-order valence-electron chi connectivity index (χ1n) is 8.41. The second kappa shape index (κ2) is 9.05. The standard InChI is InChI=1S/C19H21N3O3S2/c1-13-4-5-14(2)16(8-13)24-10-17-20-21-19(25-17)27-12-18(23)22(3)9-15-6-7-26-11-15/h4-8,11H,9-10,12H2,1-3H3. The Balaban J connectivity index is 1.47. The zero-order chi connectivity index (χ0) is 19.2. The molecule has 0 atom stereocenters. The minimum atomic E-state index is 0.0117. The second-order valence-corrected chi connectivity index (χ2v) is 7.90. The minimum absolute atomic E-state index is 0.0117. The average molecular weight is 404 g/mol. The van der Waals surface area contributed by atoms with Gasteiger partial charge in [-0.3, -0.25) is 4.79 Å². The molecule has 0 N–H and O–H groups in total. The number of hydrogen-bond donors (Lipinski definition) is 0. The van der Waals surface area contributed by atoms with E-state index in [-0.39, 0.29) is 18.3 Å². The van der Waals surface area contributed by atoms with Crippen LogP contribution in [0.2, 0.25) is 0 Å². The lowest BCUT2D eigenvalue weighted by atomic mass is 10.1. The van der Waals surface area contributed by atoms with Gasteiger partial charge in [0.25, 0.3) is 11.1 Å². The van der Waals surface area contributed by atoms with E-state index in [2.05, 4.69) is 10.2 Å². The molecule has 0 aliphatic rings. The van der Waals surface area contributed by atoms with Crippen molar-refractivity contribution in [3.8, 4) is 5.75 Å². The first kappa shape index (κ1) is 19.4. The van der Waals surface area contributed by atoms with E-state index in [1.165, 1.54) is 11.8 Å². The quantitative estimate of drug-likeness (QED) is 0.528. The molecule has 1 amide bonds. The van der Waals surface area contributed by atoms with Crippen molar-refractivity contribution in [2.75, 3.05) is 12.8 Å². The largest absolute Gasteiger partial charge is 0.484 e. The minimum Gasteiger partial charge on any atom is -0.484 e. The SMILES string of the molecule is Cc1ccc(C)c(OCc2nnc(SCC(=O)N(C)Cc3ccsc3)o2)c1. The van der Waals surface area contributed by atoms with E-state index >= 15 is 0 Å². The van der Waals surface area contributed by atoms with Gasteiger partial charge in [-0.1, -0.05) is 23.9 Å². The number of aryl methyl sites for hydroxylation is 2. The smallest absolute Gasteiger partial charge is 0.277 e. The van der Waals surface area contributed by atoms with Gasteiger partial charge >= 0.3 is 0 Å². The third kappa shape index (κ3) is 5.58. The van der Waals surface area contributed by atoms with E-state index in [9.17, 15) is 4.79 Å². The maximum atomic E-state index is 12.2. The van der Waals surface area contributed by atoms with Crippen molar-refractivity contribution in [2.45, 2.75) is 32.2 Å². The summed E-state index contributed by atoms with van der Waals surface area (Å²) in [5.74, 6) is 1.45. The Morgan fingerprint density at radius 2 is 2.15 bits per heavy atom. The van der Waals surface area contributed by atoms with Gasteiger partial charge in [-0.2, -0.15) is 11.3 Å². The number of thioether (sulfide) groups is 1. The van der Waals surface area contributed by atoms with Gasteiger partial charge in [0.2, 0.25) is 5.91 Å². The van der Waals surface area contributed by atoms with Crippen LogP contribution in [-0.2, 0) is 17.9 Å². The van der Waals surface area contributed by atoms with Gasteiger partial charge in [0.15, 0.2) is 6.61 Å². The fourth-order valence-corrected chi connectivity index (χ4v) is 3.72. The Hall–Kier alpha value is -2.32. The van der Waals surface area contributed by atoms with Gasteiger partial charge in [0.1, 0.15) is 5.75 Å². The van der Waals surface area contributed by atoms with Crippen LogP contribution in [0.1, 0.15) is 22.6 Å². The maximum absolute atomic E-state index is 12.2. The highest BCUT2D eigenvalue weighted by molar-refractivity contribution is 7.99. The van der Waals surface area contributed by atoms with Crippen LogP contribution in [0.3, 0.4) is 0 Å². The van der Waals surface area contributed by atoms with Crippen molar-refractivity contribution in [1.82, 2.24) is 15.1 Å². The normalized spacial score (nSPS) is 10.8. The molecular formula is C19H21N3O3S2. The highest BCUT2D eigenvalue weighted by Crippen LogP contribution is 2.22. The van der Waals surface area contributed by atoms with Gasteiger partial charge in [-0.05, 0) is 53.4 Å². The molecule has 0 fully saturated rings. The van der Waals surface area contributed by atoms with Crippen molar-refractivity contribution in [3.63, 3.8) is 0 Å². The second-order valence-electron chi connectivity index (χ2n) is 6.19. The Kier molecular flexibility index (Phi) is 6.52. The van der Waals surface area contributed by atoms with E-state index in [0.29, 0.717) is 17.7 Å². The molecule has 0 aliphatic carbocycles. The Morgan fingerprint density at radius 1 is 1.30 bits per heavy atom. The number of carbonyl (C=O) groups is 1. The molecule has 6 nitrogen and oxygen atoms in total. The molecule has 2 heterocycles. The lowest BCUT2D eigenvalue weighted by molar-refractivity contribution is -0.127. The van der Waals surface area contributed by atoms with Crippen LogP contribution < -0.4 is 4.74 Å². The Bertz CT molecular complexity index is 894. The maximum Gasteiger partial charge on any atom is 0.277 e. The van der Waals surface area contributed by atoms with Crippen LogP contribution in [0.25, 0.3) is 0 Å². The zero-order valence-electron chi connectivity index (χ0n) is 15.5. The number of hydrogen-bond acceptors (Lipinski definition) is 7. The summed E-state index contributed by atoms with van der Waals surface area (Å²) in [5, 5.41) is 12.4. The Morgan fingerprint density at radius 3 is 2.93 bits per heavy atom. The van der Waals surface area contributed by atoms with Crippen LogP contribution in [0.4, 0.5) is 0 Å². The number of benzene rings is 1. The van der Waals surface area contributed by atoms with E-state index in [0.717, 1.165) is 22.4 Å². The van der Waals surface area contributed by atoms with Crippen LogP contribution in [0.5, 0.6) is 5.75 Å². The molecule has 0 radical (unpaired) electrons. The number of rotatable bonds is 8. The molecule has 142 valence electrons. The summed E-state index contributed by atoms with van der Waals surface area (Å²) in [7, 11) is 1.79. The van der Waals surface area contributed by atoms with Gasteiger partial charge in [-0.25, -0.2) is 0 Å². The predicted octanol–water partition coefficient (Wildman–Crippen LogP) is 4.08. The summed E-state index contributed by atoms with van der Waals surface area (Å²) in [6, 6.07) is 8.04. The number of carbonyl (C=O) groups excluding carboxylic acids is 1. The van der Waals surface area contributed by atoms with Crippen LogP contribution in [0, 0.1) is 13.8 Å². The lowest BCUT2D eigenvalue weighted by Crippen LogP contribution is -2.27. The van der Waals surface area contributed by atoms with E-state index in [1.54, 1.807) is 23.3 Å². The molecule has 0 spiro atoms. The highest BCUT2D eigenvalue weighted by atomic mass is 32.2. The number of ether oxygens (including phenoxy) is 1. The molecule has 1 aromatic carbocycles. The van der Waals surface area contributed by atoms with Crippen molar-refractivity contribution in [3.05, 3.63) is 57.6 Å². The first-order valence-corrected chi connectivity index (χ1v) is 10.3. The van der Waals surface area contributed by atoms with Gasteiger partial charge < -0.3 is 14.1 Å². The third-order valence-electron chi connectivity index (χ3n) is 3.89. The van der Waals surface area contributed by atoms with E-state index in [1.807, 2.05) is 48.9 Å². The highest BCUT2D eigenvalue weighted by Gasteiger charge is 2.14. The third-order valence-corrected chi connectivity index (χ3v) is 5.42. The van der Waals surface area contributed by atoms with Gasteiger partial charge in [0.05, 0.1) is 5.75 Å². The first-order chi connectivity index (χ1) is 13.0. The average Bonchev–Trinajstić information content (AvgIpc) is 3.32. The topological polar surface area (TPSA) is 68.5 Å². The number of thiophene rings is 1. The molecule has 3 aromatic rings. The monoisotopic (exact) mass is 403 g/mol. The number of amides is 1. The molecule has 8 heteroatoms. The lowest BCUT2D eigenvalue weighted by Gasteiger charge is -2.15. The van der Waals surface area contributed by atoms with Crippen molar-refractivity contribution in [1.29, 1.82) is 0 Å². The molecule has 0 saturated heterocycles. The summed E-state index contributed by atoms with van der Waals surface area (Å²) >= 11 is 2.86. The van der Waals surface area contributed by atoms with Crippen molar-refractivity contribution in [2.24, 2.45) is 0 Å². The van der Waals surface area contributed by atoms with Crippen LogP contribution in [-0.4, -0.2) is 33.8 Å². The molecule has 2 aromatic heterocycles. The molecule has 3 rings (SSSR count). The molecule has 27 heavy (non-hydrogen) atoms. The van der Waals surface area contributed by atoms with Gasteiger partial charge in [-0.15, -0.1) is 10.2 Å².